The third-order valence-electron chi connectivity index (χ3n) is 2.51. The van der Waals surface area contributed by atoms with Crippen molar-refractivity contribution in [3.63, 3.8) is 0 Å². The van der Waals surface area contributed by atoms with E-state index in [1.165, 1.54) is 4.90 Å². The summed E-state index contributed by atoms with van der Waals surface area (Å²) in [5, 5.41) is 3.01. The molecule has 0 fully saturated rings. The van der Waals surface area contributed by atoms with E-state index < -0.39 is 12.7 Å². The monoisotopic (exact) mass is 276 g/mol. The highest BCUT2D eigenvalue weighted by Crippen LogP contribution is 2.22. The van der Waals surface area contributed by atoms with Crippen LogP contribution in [0, 0.1) is 0 Å². The lowest BCUT2D eigenvalue weighted by Gasteiger charge is -2.24. The minimum atomic E-state index is -4.24. The van der Waals surface area contributed by atoms with Crippen LogP contribution in [0.2, 0.25) is 0 Å². The average Bonchev–Trinajstić information content (AvgIpc) is 2.34. The van der Waals surface area contributed by atoms with Crippen molar-refractivity contribution in [2.75, 3.05) is 29.9 Å². The van der Waals surface area contributed by atoms with Crippen LogP contribution in [0.5, 0.6) is 0 Å². The first-order chi connectivity index (χ1) is 8.89. The molecule has 108 valence electrons. The summed E-state index contributed by atoms with van der Waals surface area (Å²) in [6.45, 7) is 5.34. The van der Waals surface area contributed by atoms with Crippen molar-refractivity contribution in [2.45, 2.75) is 33.4 Å². The lowest BCUT2D eigenvalue weighted by atomic mass is 10.3. The second-order valence-corrected chi connectivity index (χ2v) is 4.04. The van der Waals surface area contributed by atoms with Crippen LogP contribution in [0.1, 0.15) is 26.6 Å². The number of halogens is 3. The van der Waals surface area contributed by atoms with Crippen LogP contribution in [-0.4, -0.2) is 35.8 Å². The number of aryl methyl sites for hydroxylation is 1. The predicted octanol–water partition coefficient (Wildman–Crippen LogP) is 2.86. The number of rotatable bonds is 6. The Hall–Kier alpha value is -1.53. The molecule has 0 aliphatic carbocycles. The quantitative estimate of drug-likeness (QED) is 0.867. The Balaban J connectivity index is 3.04. The van der Waals surface area contributed by atoms with E-state index in [2.05, 4.69) is 15.3 Å². The van der Waals surface area contributed by atoms with Gasteiger partial charge >= 0.3 is 6.18 Å². The molecule has 4 nitrogen and oxygen atoms in total. The third kappa shape index (κ3) is 4.92. The van der Waals surface area contributed by atoms with Gasteiger partial charge in [0.2, 0.25) is 0 Å². The van der Waals surface area contributed by atoms with Crippen molar-refractivity contribution in [3.05, 3.63) is 11.9 Å². The van der Waals surface area contributed by atoms with Crippen molar-refractivity contribution in [1.82, 2.24) is 9.97 Å². The van der Waals surface area contributed by atoms with Crippen molar-refractivity contribution < 1.29 is 13.2 Å². The van der Waals surface area contributed by atoms with Gasteiger partial charge in [-0.2, -0.15) is 13.2 Å². The van der Waals surface area contributed by atoms with Gasteiger partial charge in [0, 0.05) is 25.6 Å². The molecule has 0 saturated carbocycles. The molecule has 0 amide bonds. The number of nitrogens with zero attached hydrogens (tertiary/aromatic N) is 3. The van der Waals surface area contributed by atoms with Gasteiger partial charge in [0.1, 0.15) is 24.0 Å². The van der Waals surface area contributed by atoms with E-state index in [1.807, 2.05) is 13.8 Å². The molecule has 0 radical (unpaired) electrons. The Labute approximate surface area is 111 Å². The van der Waals surface area contributed by atoms with Gasteiger partial charge in [-0.1, -0.05) is 6.92 Å². The summed E-state index contributed by atoms with van der Waals surface area (Å²) in [5.41, 5.74) is 0. The smallest absolute Gasteiger partial charge is 0.370 e. The van der Waals surface area contributed by atoms with E-state index >= 15 is 0 Å². The first kappa shape index (κ1) is 15.5. The lowest BCUT2D eigenvalue weighted by Crippen LogP contribution is -2.35. The van der Waals surface area contributed by atoms with Crippen LogP contribution in [0.25, 0.3) is 0 Å². The standard InChI is InChI=1S/C12H19F3N4/c1-4-9-17-10(16-5-2)7-11(18-9)19(6-3)8-12(13,14)15/h7H,4-6,8H2,1-3H3,(H,16,17,18). The summed E-state index contributed by atoms with van der Waals surface area (Å²) >= 11 is 0. The highest BCUT2D eigenvalue weighted by molar-refractivity contribution is 5.49. The molecule has 0 saturated heterocycles. The summed E-state index contributed by atoms with van der Waals surface area (Å²) in [5.74, 6) is 1.40. The first-order valence-electron chi connectivity index (χ1n) is 6.33. The highest BCUT2D eigenvalue weighted by Gasteiger charge is 2.31. The number of hydrogen-bond donors (Lipinski definition) is 1. The normalized spacial score (nSPS) is 11.5. The molecule has 0 aromatic carbocycles. The summed E-state index contributed by atoms with van der Waals surface area (Å²) in [6.07, 6.45) is -3.67. The molecule has 0 bridgehead atoms. The number of alkyl halides is 3. The third-order valence-corrected chi connectivity index (χ3v) is 2.51. The van der Waals surface area contributed by atoms with E-state index in [0.29, 0.717) is 30.4 Å². The zero-order chi connectivity index (χ0) is 14.5. The van der Waals surface area contributed by atoms with Gasteiger partial charge in [-0.15, -0.1) is 0 Å². The van der Waals surface area contributed by atoms with E-state index in [9.17, 15) is 13.2 Å². The fourth-order valence-corrected chi connectivity index (χ4v) is 1.65. The van der Waals surface area contributed by atoms with Crippen LogP contribution in [-0.2, 0) is 6.42 Å². The number of anilines is 2. The van der Waals surface area contributed by atoms with Gasteiger partial charge in [0.25, 0.3) is 0 Å². The van der Waals surface area contributed by atoms with E-state index in [-0.39, 0.29) is 6.54 Å². The Bertz CT molecular complexity index is 406. The molecule has 1 rings (SSSR count). The summed E-state index contributed by atoms with van der Waals surface area (Å²) in [7, 11) is 0. The largest absolute Gasteiger partial charge is 0.405 e. The van der Waals surface area contributed by atoms with E-state index in [1.54, 1.807) is 13.0 Å². The lowest BCUT2D eigenvalue weighted by molar-refractivity contribution is -0.119. The highest BCUT2D eigenvalue weighted by atomic mass is 19.4. The molecule has 1 N–H and O–H groups in total. The molecule has 1 aromatic rings. The summed E-state index contributed by atoms with van der Waals surface area (Å²) in [4.78, 5) is 9.59. The number of hydrogen-bond acceptors (Lipinski definition) is 4. The average molecular weight is 276 g/mol. The zero-order valence-electron chi connectivity index (χ0n) is 11.4. The number of nitrogens with one attached hydrogen (secondary N) is 1. The fourth-order valence-electron chi connectivity index (χ4n) is 1.65. The van der Waals surface area contributed by atoms with Gasteiger partial charge in [0.05, 0.1) is 0 Å². The zero-order valence-corrected chi connectivity index (χ0v) is 11.4. The predicted molar refractivity (Wildman–Crippen MR) is 69.5 cm³/mol. The molecule has 0 unspecified atom stereocenters. The van der Waals surface area contributed by atoms with Crippen molar-refractivity contribution >= 4 is 11.6 Å². The maximum atomic E-state index is 12.5. The molecule has 1 aromatic heterocycles. The molecule has 19 heavy (non-hydrogen) atoms. The van der Waals surface area contributed by atoms with Crippen LogP contribution >= 0.6 is 0 Å². The molecule has 7 heteroatoms. The van der Waals surface area contributed by atoms with Crippen LogP contribution in [0.3, 0.4) is 0 Å². The Kier molecular flexibility index (Phi) is 5.38. The van der Waals surface area contributed by atoms with Gasteiger partial charge < -0.3 is 10.2 Å². The Morgan fingerprint density at radius 2 is 1.89 bits per heavy atom. The molecule has 1 heterocycles. The first-order valence-corrected chi connectivity index (χ1v) is 6.33. The van der Waals surface area contributed by atoms with Crippen molar-refractivity contribution in [3.8, 4) is 0 Å². The topological polar surface area (TPSA) is 41.0 Å². The van der Waals surface area contributed by atoms with E-state index in [0.717, 1.165) is 0 Å². The molecule has 0 aliphatic rings. The minimum Gasteiger partial charge on any atom is -0.370 e. The van der Waals surface area contributed by atoms with Crippen LogP contribution < -0.4 is 10.2 Å². The van der Waals surface area contributed by atoms with Gasteiger partial charge in [0.15, 0.2) is 0 Å². The Morgan fingerprint density at radius 1 is 1.21 bits per heavy atom. The second kappa shape index (κ2) is 6.58. The summed E-state index contributed by atoms with van der Waals surface area (Å²) < 4.78 is 37.5. The fraction of sp³-hybridized carbons (Fsp3) is 0.667. The van der Waals surface area contributed by atoms with Crippen molar-refractivity contribution in [2.24, 2.45) is 0 Å². The summed E-state index contributed by atoms with van der Waals surface area (Å²) in [6, 6.07) is 1.55. The minimum absolute atomic E-state index is 0.241. The van der Waals surface area contributed by atoms with Crippen LogP contribution in [0.4, 0.5) is 24.8 Å². The van der Waals surface area contributed by atoms with Crippen LogP contribution in [0.15, 0.2) is 6.07 Å². The van der Waals surface area contributed by atoms with Gasteiger partial charge in [-0.3, -0.25) is 0 Å². The molecule has 0 spiro atoms. The maximum absolute atomic E-state index is 12.5. The SMILES string of the molecule is CCNc1cc(N(CC)CC(F)(F)F)nc(CC)n1. The molecule has 0 atom stereocenters. The molecular weight excluding hydrogens is 257 g/mol. The second-order valence-electron chi connectivity index (χ2n) is 4.04. The van der Waals surface area contributed by atoms with Crippen molar-refractivity contribution in [1.29, 1.82) is 0 Å². The van der Waals surface area contributed by atoms with Gasteiger partial charge in [-0.25, -0.2) is 9.97 Å². The van der Waals surface area contributed by atoms with E-state index in [4.69, 9.17) is 0 Å². The number of aromatic nitrogens is 2. The maximum Gasteiger partial charge on any atom is 0.405 e. The molecule has 0 aliphatic heterocycles. The van der Waals surface area contributed by atoms with Gasteiger partial charge in [-0.05, 0) is 13.8 Å². The molecular formula is C12H19F3N4. The Morgan fingerprint density at radius 3 is 2.37 bits per heavy atom.